The number of hydrogen-bond donors (Lipinski definition) is 0. The van der Waals surface area contributed by atoms with E-state index >= 15 is 0 Å². The maximum absolute atomic E-state index is 12.7. The van der Waals surface area contributed by atoms with Gasteiger partial charge in [-0.05, 0) is 31.2 Å². The number of furan rings is 1. The van der Waals surface area contributed by atoms with Gasteiger partial charge in [0.1, 0.15) is 5.01 Å². The summed E-state index contributed by atoms with van der Waals surface area (Å²) in [6.07, 6.45) is 1.57. The highest BCUT2D eigenvalue weighted by Gasteiger charge is 2.25. The fourth-order valence-electron chi connectivity index (χ4n) is 2.73. The van der Waals surface area contributed by atoms with Crippen molar-refractivity contribution in [2.75, 3.05) is 5.75 Å². The van der Waals surface area contributed by atoms with Gasteiger partial charge in [-0.1, -0.05) is 30.0 Å². The minimum absolute atomic E-state index is 0.0833. The van der Waals surface area contributed by atoms with E-state index in [9.17, 15) is 10.1 Å². The number of aryl methyl sites for hydroxylation is 1. The molecule has 4 aromatic rings. The number of carbonyl (C=O) groups excluding carboxylic acids is 1. The van der Waals surface area contributed by atoms with Gasteiger partial charge in [-0.3, -0.25) is 9.36 Å². The average molecular weight is 422 g/mol. The van der Waals surface area contributed by atoms with Crippen molar-refractivity contribution in [1.29, 1.82) is 5.26 Å². The highest BCUT2D eigenvalue weighted by Crippen LogP contribution is 2.29. The van der Waals surface area contributed by atoms with E-state index in [0.717, 1.165) is 11.4 Å². The van der Waals surface area contributed by atoms with E-state index in [1.54, 1.807) is 18.4 Å². The molecular formula is C20H15N5O2S2. The first-order valence-corrected chi connectivity index (χ1v) is 10.6. The van der Waals surface area contributed by atoms with Gasteiger partial charge in [0.15, 0.2) is 22.6 Å². The number of ketones is 1. The molecular weight excluding hydrogens is 406 g/mol. The van der Waals surface area contributed by atoms with Gasteiger partial charge in [0.05, 0.1) is 18.1 Å². The summed E-state index contributed by atoms with van der Waals surface area (Å²) in [5, 5.41) is 20.9. The number of benzene rings is 1. The van der Waals surface area contributed by atoms with Crippen molar-refractivity contribution in [2.45, 2.75) is 18.0 Å². The Bertz CT molecular complexity index is 1160. The molecule has 0 amide bonds. The predicted molar refractivity (Wildman–Crippen MR) is 110 cm³/mol. The number of rotatable bonds is 7. The molecule has 4 rings (SSSR count). The molecule has 0 fully saturated rings. The number of nitriles is 1. The third-order valence-corrected chi connectivity index (χ3v) is 6.05. The maximum atomic E-state index is 12.7. The second kappa shape index (κ2) is 8.43. The topological polar surface area (TPSA) is 97.6 Å². The van der Waals surface area contributed by atoms with Crippen LogP contribution in [0.1, 0.15) is 16.6 Å². The smallest absolute Gasteiger partial charge is 0.205 e. The molecule has 7 nitrogen and oxygen atoms in total. The summed E-state index contributed by atoms with van der Waals surface area (Å²) in [5.41, 5.74) is 1.66. The van der Waals surface area contributed by atoms with Crippen molar-refractivity contribution in [3.8, 4) is 23.3 Å². The quantitative estimate of drug-likeness (QED) is 0.411. The van der Waals surface area contributed by atoms with Crippen molar-refractivity contribution < 1.29 is 9.21 Å². The Labute approximate surface area is 175 Å². The molecule has 0 aliphatic rings. The zero-order chi connectivity index (χ0) is 20.2. The van der Waals surface area contributed by atoms with E-state index in [1.165, 1.54) is 23.1 Å². The second-order valence-electron chi connectivity index (χ2n) is 6.10. The van der Waals surface area contributed by atoms with Gasteiger partial charge in [0, 0.05) is 16.8 Å². The first-order chi connectivity index (χ1) is 14.2. The largest absolute Gasteiger partial charge is 0.461 e. The van der Waals surface area contributed by atoms with Gasteiger partial charge >= 0.3 is 0 Å². The Balaban J connectivity index is 1.61. The van der Waals surface area contributed by atoms with Crippen LogP contribution in [-0.2, 0) is 4.79 Å². The number of para-hydroxylation sites is 1. The van der Waals surface area contributed by atoms with E-state index in [-0.39, 0.29) is 11.5 Å². The van der Waals surface area contributed by atoms with Gasteiger partial charge in [0.2, 0.25) is 5.82 Å². The molecule has 0 radical (unpaired) electrons. The Morgan fingerprint density at radius 2 is 2.10 bits per heavy atom. The van der Waals surface area contributed by atoms with Crippen LogP contribution in [0.4, 0.5) is 0 Å². The molecule has 1 aromatic carbocycles. The lowest BCUT2D eigenvalue weighted by Crippen LogP contribution is -2.13. The van der Waals surface area contributed by atoms with Crippen molar-refractivity contribution in [1.82, 2.24) is 19.7 Å². The van der Waals surface area contributed by atoms with Crippen LogP contribution < -0.4 is 0 Å². The molecule has 144 valence electrons. The van der Waals surface area contributed by atoms with Crippen LogP contribution in [0.15, 0.2) is 63.7 Å². The highest BCUT2D eigenvalue weighted by molar-refractivity contribution is 7.99. The molecule has 0 aliphatic carbocycles. The van der Waals surface area contributed by atoms with Gasteiger partial charge in [-0.25, -0.2) is 4.98 Å². The fraction of sp³-hybridized carbons (Fsp3) is 0.150. The fourth-order valence-corrected chi connectivity index (χ4v) is 4.45. The maximum Gasteiger partial charge on any atom is 0.205 e. The summed E-state index contributed by atoms with van der Waals surface area (Å²) in [7, 11) is 0. The predicted octanol–water partition coefficient (Wildman–Crippen LogP) is 4.26. The molecule has 3 aromatic heterocycles. The van der Waals surface area contributed by atoms with E-state index in [4.69, 9.17) is 4.42 Å². The van der Waals surface area contributed by atoms with Crippen LogP contribution in [0.25, 0.3) is 17.3 Å². The summed E-state index contributed by atoms with van der Waals surface area (Å²) in [5.74, 6) is 0.115. The van der Waals surface area contributed by atoms with E-state index in [0.29, 0.717) is 21.7 Å². The SMILES string of the molecule is Cc1csc(C(C#N)C(=O)CSc2nnc(-c3ccco3)n2-c2ccccc2)n1. The third-order valence-electron chi connectivity index (χ3n) is 4.07. The van der Waals surface area contributed by atoms with Crippen LogP contribution in [0.3, 0.4) is 0 Å². The molecule has 0 saturated carbocycles. The number of nitrogens with zero attached hydrogens (tertiary/aromatic N) is 5. The molecule has 0 spiro atoms. The van der Waals surface area contributed by atoms with Crippen molar-refractivity contribution in [2.24, 2.45) is 0 Å². The van der Waals surface area contributed by atoms with Crippen LogP contribution in [0.2, 0.25) is 0 Å². The molecule has 0 aliphatic heterocycles. The lowest BCUT2D eigenvalue weighted by atomic mass is 10.1. The third kappa shape index (κ3) is 3.99. The Morgan fingerprint density at radius 1 is 1.28 bits per heavy atom. The summed E-state index contributed by atoms with van der Waals surface area (Å²) in [6, 6.07) is 15.3. The van der Waals surface area contributed by atoms with Crippen molar-refractivity contribution in [3.63, 3.8) is 0 Å². The van der Waals surface area contributed by atoms with E-state index < -0.39 is 5.92 Å². The lowest BCUT2D eigenvalue weighted by Gasteiger charge is -2.09. The monoisotopic (exact) mass is 421 g/mol. The molecule has 0 bridgehead atoms. The van der Waals surface area contributed by atoms with Gasteiger partial charge in [-0.2, -0.15) is 5.26 Å². The van der Waals surface area contributed by atoms with Crippen LogP contribution in [0, 0.1) is 18.3 Å². The normalized spacial score (nSPS) is 11.9. The molecule has 1 unspecified atom stereocenters. The number of thiazole rings is 1. The molecule has 0 saturated heterocycles. The second-order valence-corrected chi connectivity index (χ2v) is 7.93. The Morgan fingerprint density at radius 3 is 2.76 bits per heavy atom. The Kier molecular flexibility index (Phi) is 5.55. The molecule has 29 heavy (non-hydrogen) atoms. The zero-order valence-corrected chi connectivity index (χ0v) is 17.0. The van der Waals surface area contributed by atoms with Gasteiger partial charge in [0.25, 0.3) is 0 Å². The number of thioether (sulfide) groups is 1. The van der Waals surface area contributed by atoms with Gasteiger partial charge < -0.3 is 4.42 Å². The van der Waals surface area contributed by atoms with Crippen molar-refractivity contribution in [3.05, 3.63) is 64.8 Å². The molecule has 9 heteroatoms. The minimum Gasteiger partial charge on any atom is -0.461 e. The first kappa shape index (κ1) is 19.1. The standard InChI is InChI=1S/C20H15N5O2S2/c1-13-11-28-19(22-13)15(10-21)16(26)12-29-20-24-23-18(17-8-5-9-27-17)25(20)14-6-3-2-4-7-14/h2-9,11,15H,12H2,1H3. The number of hydrogen-bond acceptors (Lipinski definition) is 8. The molecule has 1 atom stereocenters. The lowest BCUT2D eigenvalue weighted by molar-refractivity contribution is -0.116. The summed E-state index contributed by atoms with van der Waals surface area (Å²) in [6.45, 7) is 1.84. The zero-order valence-electron chi connectivity index (χ0n) is 15.3. The minimum atomic E-state index is -0.876. The van der Waals surface area contributed by atoms with Crippen molar-refractivity contribution >= 4 is 28.9 Å². The number of aromatic nitrogens is 4. The first-order valence-electron chi connectivity index (χ1n) is 8.69. The van der Waals surface area contributed by atoms with Gasteiger partial charge in [-0.15, -0.1) is 21.5 Å². The average Bonchev–Trinajstić information content (AvgIpc) is 3.48. The summed E-state index contributed by atoms with van der Waals surface area (Å²) >= 11 is 2.56. The summed E-state index contributed by atoms with van der Waals surface area (Å²) < 4.78 is 7.33. The molecule has 3 heterocycles. The van der Waals surface area contributed by atoms with E-state index in [2.05, 4.69) is 21.3 Å². The Hall–Kier alpha value is -3.22. The summed E-state index contributed by atoms with van der Waals surface area (Å²) in [4.78, 5) is 17.0. The van der Waals surface area contributed by atoms with Crippen LogP contribution in [-0.4, -0.2) is 31.3 Å². The van der Waals surface area contributed by atoms with Crippen LogP contribution in [0.5, 0.6) is 0 Å². The van der Waals surface area contributed by atoms with E-state index in [1.807, 2.05) is 47.2 Å². The molecule has 0 N–H and O–H groups in total. The van der Waals surface area contributed by atoms with Crippen LogP contribution >= 0.6 is 23.1 Å². The highest BCUT2D eigenvalue weighted by atomic mass is 32.2. The number of carbonyl (C=O) groups is 1. The number of Topliss-reactive ketones (excluding diaryl/α,β-unsaturated/α-hetero) is 1.